The Bertz CT molecular complexity index is 473. The molecule has 0 spiro atoms. The van der Waals surface area contributed by atoms with Crippen LogP contribution in [-0.2, 0) is 9.59 Å². The number of nitrogens with one attached hydrogen (secondary N) is 3. The van der Waals surface area contributed by atoms with E-state index in [1.165, 1.54) is 6.42 Å². The van der Waals surface area contributed by atoms with Crippen LogP contribution in [0.25, 0.3) is 0 Å². The molecular weight excluding hydrogens is 334 g/mol. The fourth-order valence-corrected chi connectivity index (χ4v) is 3.30. The summed E-state index contributed by atoms with van der Waals surface area (Å²) >= 11 is 0. The minimum absolute atomic E-state index is 0.141. The lowest BCUT2D eigenvalue weighted by molar-refractivity contribution is -0.142. The Morgan fingerprint density at radius 2 is 1.42 bits per heavy atom. The quantitative estimate of drug-likeness (QED) is 0.501. The van der Waals surface area contributed by atoms with Gasteiger partial charge in [-0.2, -0.15) is 0 Å². The number of rotatable bonds is 9. The molecule has 1 fully saturated rings. The molecule has 0 unspecified atom stereocenters. The van der Waals surface area contributed by atoms with E-state index >= 15 is 0 Å². The molecule has 0 radical (unpaired) electrons. The van der Waals surface area contributed by atoms with Crippen molar-refractivity contribution in [1.82, 2.24) is 16.0 Å². The van der Waals surface area contributed by atoms with Crippen LogP contribution in [0.1, 0.15) is 72.6 Å². The summed E-state index contributed by atoms with van der Waals surface area (Å²) in [5.74, 6) is -1.16. The average molecular weight is 370 g/mol. The number of carbonyl (C=O) groups excluding carboxylic acids is 2. The topological polar surface area (TPSA) is 108 Å². The summed E-state index contributed by atoms with van der Waals surface area (Å²) in [6, 6.07) is -1.89. The highest BCUT2D eigenvalue weighted by Gasteiger charge is 2.28. The molecule has 0 aromatic rings. The van der Waals surface area contributed by atoms with Crippen molar-refractivity contribution in [2.45, 2.75) is 90.8 Å². The van der Waals surface area contributed by atoms with E-state index in [0.29, 0.717) is 12.8 Å². The number of carboxylic acid groups (broad SMARTS) is 1. The monoisotopic (exact) mass is 369 g/mol. The molecule has 4 N–H and O–H groups in total. The van der Waals surface area contributed by atoms with E-state index < -0.39 is 24.0 Å². The van der Waals surface area contributed by atoms with Crippen molar-refractivity contribution in [3.63, 3.8) is 0 Å². The Morgan fingerprint density at radius 1 is 0.885 bits per heavy atom. The van der Waals surface area contributed by atoms with Gasteiger partial charge in [-0.1, -0.05) is 47.0 Å². The van der Waals surface area contributed by atoms with Crippen molar-refractivity contribution >= 4 is 17.9 Å². The predicted octanol–water partition coefficient (Wildman–Crippen LogP) is 2.65. The van der Waals surface area contributed by atoms with Gasteiger partial charge in [-0.15, -0.1) is 0 Å². The van der Waals surface area contributed by atoms with Gasteiger partial charge in [0.05, 0.1) is 0 Å². The van der Waals surface area contributed by atoms with Gasteiger partial charge in [-0.3, -0.25) is 4.79 Å². The van der Waals surface area contributed by atoms with Crippen molar-refractivity contribution in [1.29, 1.82) is 0 Å². The molecule has 0 bridgehead atoms. The van der Waals surface area contributed by atoms with Crippen molar-refractivity contribution in [3.8, 4) is 0 Å². The summed E-state index contributed by atoms with van der Waals surface area (Å²) in [5, 5.41) is 17.6. The third-order valence-electron chi connectivity index (χ3n) is 4.59. The highest BCUT2D eigenvalue weighted by Crippen LogP contribution is 2.17. The van der Waals surface area contributed by atoms with Crippen LogP contribution in [0.2, 0.25) is 0 Å². The Kier molecular flexibility index (Phi) is 9.44. The SMILES string of the molecule is CC(C)C[C@H](NC(=O)[C@@H](CC(C)C)NC(=O)NC1CCCCC1)C(=O)O. The first kappa shape index (κ1) is 22.3. The Morgan fingerprint density at radius 3 is 1.92 bits per heavy atom. The van der Waals surface area contributed by atoms with Gasteiger partial charge >= 0.3 is 12.0 Å². The largest absolute Gasteiger partial charge is 0.480 e. The summed E-state index contributed by atoms with van der Waals surface area (Å²) < 4.78 is 0. The van der Waals surface area contributed by atoms with Crippen LogP contribution in [-0.4, -0.2) is 41.1 Å². The zero-order valence-corrected chi connectivity index (χ0v) is 16.5. The average Bonchev–Trinajstić information content (AvgIpc) is 2.53. The number of amides is 3. The van der Waals surface area contributed by atoms with E-state index in [-0.39, 0.29) is 23.9 Å². The van der Waals surface area contributed by atoms with Gasteiger partial charge in [0.25, 0.3) is 0 Å². The van der Waals surface area contributed by atoms with E-state index in [4.69, 9.17) is 0 Å². The van der Waals surface area contributed by atoms with Crippen molar-refractivity contribution in [2.75, 3.05) is 0 Å². The van der Waals surface area contributed by atoms with Crippen LogP contribution >= 0.6 is 0 Å². The number of carboxylic acids is 1. The predicted molar refractivity (Wildman–Crippen MR) is 101 cm³/mol. The lowest BCUT2D eigenvalue weighted by atomic mass is 9.96. The Balaban J connectivity index is 2.66. The molecule has 0 aromatic heterocycles. The molecule has 3 amide bonds. The van der Waals surface area contributed by atoms with Crippen LogP contribution in [0.5, 0.6) is 0 Å². The minimum atomic E-state index is -1.05. The molecule has 0 aromatic carbocycles. The van der Waals surface area contributed by atoms with Crippen molar-refractivity contribution < 1.29 is 19.5 Å². The summed E-state index contributed by atoms with van der Waals surface area (Å²) in [5.41, 5.74) is 0. The van der Waals surface area contributed by atoms with Crippen LogP contribution < -0.4 is 16.0 Å². The van der Waals surface area contributed by atoms with E-state index in [2.05, 4.69) is 16.0 Å². The van der Waals surface area contributed by atoms with Gasteiger partial charge in [0.2, 0.25) is 5.91 Å². The number of aliphatic carboxylic acids is 1. The summed E-state index contributed by atoms with van der Waals surface area (Å²) in [6.07, 6.45) is 6.15. The van der Waals surface area contributed by atoms with E-state index in [1.54, 1.807) is 0 Å². The summed E-state index contributed by atoms with van der Waals surface area (Å²) in [7, 11) is 0. The third-order valence-corrected chi connectivity index (χ3v) is 4.59. The standard InChI is InChI=1S/C19H35N3O4/c1-12(2)10-15(17(23)21-16(18(24)25)11-13(3)4)22-19(26)20-14-8-6-5-7-9-14/h12-16H,5-11H2,1-4H3,(H,21,23)(H,24,25)(H2,20,22,26)/t15-,16+/m1/s1. The second-order valence-electron chi connectivity index (χ2n) is 8.16. The van der Waals surface area contributed by atoms with Gasteiger partial charge in [0.15, 0.2) is 0 Å². The van der Waals surface area contributed by atoms with Gasteiger partial charge in [0, 0.05) is 6.04 Å². The molecule has 7 nitrogen and oxygen atoms in total. The first-order valence-corrected chi connectivity index (χ1v) is 9.79. The molecule has 1 saturated carbocycles. The van der Waals surface area contributed by atoms with E-state index in [9.17, 15) is 19.5 Å². The first-order chi connectivity index (χ1) is 12.2. The van der Waals surface area contributed by atoms with Crippen LogP contribution in [0.15, 0.2) is 0 Å². The van der Waals surface area contributed by atoms with Gasteiger partial charge in [0.1, 0.15) is 12.1 Å². The molecule has 1 aliphatic rings. The second-order valence-corrected chi connectivity index (χ2v) is 8.16. The minimum Gasteiger partial charge on any atom is -0.480 e. The molecule has 26 heavy (non-hydrogen) atoms. The van der Waals surface area contributed by atoms with E-state index in [1.807, 2.05) is 27.7 Å². The normalized spacial score (nSPS) is 17.6. The van der Waals surface area contributed by atoms with Crippen molar-refractivity contribution in [2.24, 2.45) is 11.8 Å². The van der Waals surface area contributed by atoms with Gasteiger partial charge < -0.3 is 21.1 Å². The number of urea groups is 1. The lowest BCUT2D eigenvalue weighted by Gasteiger charge is -2.26. The Hall–Kier alpha value is -1.79. The smallest absolute Gasteiger partial charge is 0.326 e. The molecule has 150 valence electrons. The summed E-state index contributed by atoms with van der Waals surface area (Å²) in [6.45, 7) is 7.74. The second kappa shape index (κ2) is 11.0. The molecule has 1 rings (SSSR count). The Labute approximate surface area is 156 Å². The molecule has 0 aliphatic heterocycles. The molecular formula is C19H35N3O4. The van der Waals surface area contributed by atoms with Gasteiger partial charge in [-0.05, 0) is 37.5 Å². The molecule has 0 heterocycles. The van der Waals surface area contributed by atoms with Crippen LogP contribution in [0, 0.1) is 11.8 Å². The number of hydrogen-bond acceptors (Lipinski definition) is 3. The summed E-state index contributed by atoms with van der Waals surface area (Å²) in [4.78, 5) is 36.3. The maximum absolute atomic E-state index is 12.6. The molecule has 1 aliphatic carbocycles. The van der Waals surface area contributed by atoms with Crippen LogP contribution in [0.3, 0.4) is 0 Å². The zero-order chi connectivity index (χ0) is 19.7. The highest BCUT2D eigenvalue weighted by molar-refractivity contribution is 5.90. The molecule has 7 heteroatoms. The lowest BCUT2D eigenvalue weighted by Crippen LogP contribution is -2.55. The van der Waals surface area contributed by atoms with Gasteiger partial charge in [-0.25, -0.2) is 9.59 Å². The fraction of sp³-hybridized carbons (Fsp3) is 0.842. The first-order valence-electron chi connectivity index (χ1n) is 9.79. The maximum Gasteiger partial charge on any atom is 0.326 e. The zero-order valence-electron chi connectivity index (χ0n) is 16.5. The van der Waals surface area contributed by atoms with Crippen LogP contribution in [0.4, 0.5) is 4.79 Å². The fourth-order valence-electron chi connectivity index (χ4n) is 3.30. The number of carbonyl (C=O) groups is 3. The molecule has 2 atom stereocenters. The molecule has 0 saturated heterocycles. The maximum atomic E-state index is 12.6. The highest BCUT2D eigenvalue weighted by atomic mass is 16.4. The number of hydrogen-bond donors (Lipinski definition) is 4. The van der Waals surface area contributed by atoms with E-state index in [0.717, 1.165) is 25.7 Å². The third kappa shape index (κ3) is 8.54. The van der Waals surface area contributed by atoms with Crippen molar-refractivity contribution in [3.05, 3.63) is 0 Å².